The Morgan fingerprint density at radius 2 is 1.78 bits per heavy atom. The van der Waals surface area contributed by atoms with Crippen LogP contribution in [0.1, 0.15) is 39.0 Å². The molecule has 0 saturated heterocycles. The van der Waals surface area contributed by atoms with Crippen molar-refractivity contribution in [2.75, 3.05) is 0 Å². The van der Waals surface area contributed by atoms with E-state index in [2.05, 4.69) is 19.1 Å². The zero-order valence-corrected chi connectivity index (χ0v) is 11.4. The summed E-state index contributed by atoms with van der Waals surface area (Å²) in [4.78, 5) is 0. The van der Waals surface area contributed by atoms with Gasteiger partial charge in [0.15, 0.2) is 0 Å². The summed E-state index contributed by atoms with van der Waals surface area (Å²) in [6.07, 6.45) is 13.2. The van der Waals surface area contributed by atoms with E-state index in [1.54, 1.807) is 25.7 Å². The normalized spacial score (nSPS) is 73.3. The highest BCUT2D eigenvalue weighted by Crippen LogP contribution is 2.79. The lowest BCUT2D eigenvalue weighted by Crippen LogP contribution is -2.46. The number of hydrogen-bond donors (Lipinski definition) is 0. The van der Waals surface area contributed by atoms with Gasteiger partial charge in [-0.2, -0.15) is 0 Å². The first-order valence-corrected chi connectivity index (χ1v) is 8.47. The SMILES string of the molecule is CC12C3C=CC(C3)C1C1CC2C2C3CCC(C3)C12. The molecule has 6 aliphatic rings. The van der Waals surface area contributed by atoms with Crippen molar-refractivity contribution in [1.82, 2.24) is 0 Å². The topological polar surface area (TPSA) is 0 Å². The lowest BCUT2D eigenvalue weighted by atomic mass is 9.54. The van der Waals surface area contributed by atoms with E-state index in [9.17, 15) is 0 Å². The zero-order valence-electron chi connectivity index (χ0n) is 11.4. The van der Waals surface area contributed by atoms with Gasteiger partial charge in [0.1, 0.15) is 0 Å². The van der Waals surface area contributed by atoms with Gasteiger partial charge in [-0.05, 0) is 90.8 Å². The van der Waals surface area contributed by atoms with E-state index in [4.69, 9.17) is 0 Å². The first-order valence-electron chi connectivity index (χ1n) is 8.47. The van der Waals surface area contributed by atoms with E-state index >= 15 is 0 Å². The largest absolute Gasteiger partial charge is 0.0848 e. The minimum atomic E-state index is 0.746. The van der Waals surface area contributed by atoms with Crippen LogP contribution in [-0.4, -0.2) is 0 Å². The van der Waals surface area contributed by atoms with Crippen molar-refractivity contribution in [1.29, 1.82) is 0 Å². The van der Waals surface area contributed by atoms with Gasteiger partial charge >= 0.3 is 0 Å². The summed E-state index contributed by atoms with van der Waals surface area (Å²) < 4.78 is 0. The number of fused-ring (bicyclic) bond motifs is 16. The van der Waals surface area contributed by atoms with Gasteiger partial charge in [-0.25, -0.2) is 0 Å². The predicted molar refractivity (Wildman–Crippen MR) is 71.7 cm³/mol. The third kappa shape index (κ3) is 0.745. The van der Waals surface area contributed by atoms with Crippen LogP contribution in [0.5, 0.6) is 0 Å². The van der Waals surface area contributed by atoms with Crippen LogP contribution in [0, 0.1) is 58.7 Å². The Kier molecular flexibility index (Phi) is 1.40. The number of rotatable bonds is 0. The fourth-order valence-electron chi connectivity index (χ4n) is 8.74. The van der Waals surface area contributed by atoms with Crippen LogP contribution in [0.3, 0.4) is 0 Å². The molecule has 0 aromatic heterocycles. The molecule has 0 radical (unpaired) electrons. The van der Waals surface area contributed by atoms with E-state index in [0.717, 1.165) is 40.9 Å². The smallest absolute Gasteiger partial charge is 0.0168 e. The molecule has 6 rings (SSSR count). The maximum atomic E-state index is 2.71. The van der Waals surface area contributed by atoms with E-state index in [0.29, 0.717) is 0 Å². The van der Waals surface area contributed by atoms with Gasteiger partial charge in [-0.1, -0.05) is 19.1 Å². The Morgan fingerprint density at radius 3 is 2.67 bits per heavy atom. The van der Waals surface area contributed by atoms with Crippen LogP contribution in [0.4, 0.5) is 0 Å². The molecule has 10 unspecified atom stereocenters. The zero-order chi connectivity index (χ0) is 11.6. The fourth-order valence-corrected chi connectivity index (χ4v) is 8.74. The summed E-state index contributed by atoms with van der Waals surface area (Å²) >= 11 is 0. The molecule has 5 saturated carbocycles. The van der Waals surface area contributed by atoms with Crippen LogP contribution < -0.4 is 0 Å². The standard InChI is InChI=1S/C18H24/c1-18-12-5-4-11(7-12)17(18)13-8-14(18)16-10-3-2-9(6-10)15(13)16/h4-5,9-17H,2-3,6-8H2,1H3. The molecular weight excluding hydrogens is 216 g/mol. The molecule has 10 atom stereocenters. The molecular formula is C18H24. The Labute approximate surface area is 110 Å². The summed E-state index contributed by atoms with van der Waals surface area (Å²) in [5, 5.41) is 0. The third-order valence-corrected chi connectivity index (χ3v) is 8.89. The van der Waals surface area contributed by atoms with Gasteiger partial charge in [0, 0.05) is 0 Å². The van der Waals surface area contributed by atoms with Crippen LogP contribution in [0.2, 0.25) is 0 Å². The average Bonchev–Trinajstić information content (AvgIpc) is 3.14. The van der Waals surface area contributed by atoms with E-state index in [-0.39, 0.29) is 0 Å². The lowest BCUT2D eigenvalue weighted by molar-refractivity contribution is -0.0156. The maximum Gasteiger partial charge on any atom is -0.0168 e. The predicted octanol–water partition coefficient (Wildman–Crippen LogP) is 4.13. The van der Waals surface area contributed by atoms with Crippen molar-refractivity contribution < 1.29 is 0 Å². The molecule has 0 aliphatic heterocycles. The van der Waals surface area contributed by atoms with Gasteiger partial charge in [0.05, 0.1) is 0 Å². The number of allylic oxidation sites excluding steroid dienone is 2. The third-order valence-electron chi connectivity index (χ3n) is 8.89. The molecule has 0 heterocycles. The van der Waals surface area contributed by atoms with Crippen molar-refractivity contribution in [3.63, 3.8) is 0 Å². The van der Waals surface area contributed by atoms with Gasteiger partial charge in [0.25, 0.3) is 0 Å². The lowest BCUT2D eigenvalue weighted by Gasteiger charge is -2.50. The molecule has 18 heavy (non-hydrogen) atoms. The Morgan fingerprint density at radius 1 is 0.944 bits per heavy atom. The van der Waals surface area contributed by atoms with Crippen molar-refractivity contribution in [3.05, 3.63) is 12.2 Å². The highest BCUT2D eigenvalue weighted by molar-refractivity contribution is 5.28. The first kappa shape index (κ1) is 9.61. The van der Waals surface area contributed by atoms with Crippen LogP contribution in [0.15, 0.2) is 12.2 Å². The first-order chi connectivity index (χ1) is 8.78. The Hall–Kier alpha value is -0.260. The molecule has 96 valence electrons. The van der Waals surface area contributed by atoms with Gasteiger partial charge in [-0.15, -0.1) is 0 Å². The molecule has 0 nitrogen and oxygen atoms in total. The minimum Gasteiger partial charge on any atom is -0.0848 e. The number of hydrogen-bond acceptors (Lipinski definition) is 0. The minimum absolute atomic E-state index is 0.746. The molecule has 5 fully saturated rings. The molecule has 0 aromatic carbocycles. The average molecular weight is 240 g/mol. The Bertz CT molecular complexity index is 463. The van der Waals surface area contributed by atoms with Crippen molar-refractivity contribution in [2.24, 2.45) is 58.7 Å². The van der Waals surface area contributed by atoms with Gasteiger partial charge in [0.2, 0.25) is 0 Å². The summed E-state index contributed by atoms with van der Waals surface area (Å²) in [5.74, 6) is 10.1. The molecule has 0 aromatic rings. The van der Waals surface area contributed by atoms with Crippen LogP contribution >= 0.6 is 0 Å². The van der Waals surface area contributed by atoms with Crippen molar-refractivity contribution in [2.45, 2.75) is 39.0 Å². The summed E-state index contributed by atoms with van der Waals surface area (Å²) in [7, 11) is 0. The van der Waals surface area contributed by atoms with Crippen LogP contribution in [-0.2, 0) is 0 Å². The van der Waals surface area contributed by atoms with E-state index in [1.165, 1.54) is 24.2 Å². The quantitative estimate of drug-likeness (QED) is 0.441. The van der Waals surface area contributed by atoms with E-state index < -0.39 is 0 Å². The second-order valence-corrected chi connectivity index (χ2v) is 8.78. The fraction of sp³-hybridized carbons (Fsp3) is 0.889. The molecule has 6 bridgehead atoms. The molecule has 0 N–H and O–H groups in total. The van der Waals surface area contributed by atoms with Crippen molar-refractivity contribution >= 4 is 0 Å². The van der Waals surface area contributed by atoms with Crippen LogP contribution in [0.25, 0.3) is 0 Å². The monoisotopic (exact) mass is 240 g/mol. The summed E-state index contributed by atoms with van der Waals surface area (Å²) in [6, 6.07) is 0. The highest BCUT2D eigenvalue weighted by Gasteiger charge is 2.73. The van der Waals surface area contributed by atoms with Gasteiger partial charge in [-0.3, -0.25) is 0 Å². The van der Waals surface area contributed by atoms with Crippen molar-refractivity contribution in [3.8, 4) is 0 Å². The second kappa shape index (κ2) is 2.63. The maximum absolute atomic E-state index is 2.71. The summed E-state index contributed by atoms with van der Waals surface area (Å²) in [5.41, 5.74) is 0.746. The van der Waals surface area contributed by atoms with E-state index in [1.807, 2.05) is 0 Å². The van der Waals surface area contributed by atoms with Gasteiger partial charge < -0.3 is 0 Å². The summed E-state index contributed by atoms with van der Waals surface area (Å²) in [6.45, 7) is 2.71. The highest BCUT2D eigenvalue weighted by atomic mass is 14.8. The second-order valence-electron chi connectivity index (χ2n) is 8.78. The Balaban J connectivity index is 1.53. The molecule has 0 heteroatoms. The molecule has 6 aliphatic carbocycles. The molecule has 0 amide bonds. The molecule has 0 spiro atoms.